The fourth-order valence-corrected chi connectivity index (χ4v) is 1.55. The maximum absolute atomic E-state index is 11.6. The number of rotatable bonds is 6. The zero-order valence-electron chi connectivity index (χ0n) is 13.5. The van der Waals surface area contributed by atoms with Crippen molar-refractivity contribution in [3.8, 4) is 30.4 Å². The van der Waals surface area contributed by atoms with Crippen molar-refractivity contribution in [3.05, 3.63) is 29.8 Å². The number of hydrogen-bond acceptors (Lipinski definition) is 5. The fourth-order valence-electron chi connectivity index (χ4n) is 1.55. The summed E-state index contributed by atoms with van der Waals surface area (Å²) >= 11 is 0. The number of carbonyl (C=O) groups is 1. The van der Waals surface area contributed by atoms with Crippen LogP contribution in [0, 0.1) is 24.7 Å². The molecule has 0 unspecified atom stereocenters. The van der Waals surface area contributed by atoms with Gasteiger partial charge in [0.2, 0.25) is 0 Å². The summed E-state index contributed by atoms with van der Waals surface area (Å²) in [6.45, 7) is 5.45. The van der Waals surface area contributed by atoms with Gasteiger partial charge in [-0.3, -0.25) is 0 Å². The lowest BCUT2D eigenvalue weighted by molar-refractivity contribution is -0.128. The maximum Gasteiger partial charge on any atom is 0.514 e. The van der Waals surface area contributed by atoms with Gasteiger partial charge in [-0.15, -0.1) is 12.8 Å². The fraction of sp³-hybridized carbons (Fsp3) is 0.389. The first-order valence-corrected chi connectivity index (χ1v) is 6.96. The van der Waals surface area contributed by atoms with Crippen molar-refractivity contribution in [1.82, 2.24) is 0 Å². The minimum Gasteiger partial charge on any atom is -0.428 e. The Hall–Kier alpha value is -2.47. The van der Waals surface area contributed by atoms with Crippen LogP contribution in [0.25, 0.3) is 0 Å². The highest BCUT2D eigenvalue weighted by atomic mass is 16.7. The Bertz CT molecular complexity index is 566. The third kappa shape index (κ3) is 7.37. The Kier molecular flexibility index (Phi) is 7.15. The Morgan fingerprint density at radius 3 is 2.04 bits per heavy atom. The van der Waals surface area contributed by atoms with E-state index in [-0.39, 0.29) is 13.2 Å². The second-order valence-corrected chi connectivity index (χ2v) is 5.50. The molecule has 0 saturated heterocycles. The molecule has 0 fully saturated rings. The molecular weight excluding hydrogens is 296 g/mol. The Balaban J connectivity index is 2.71. The van der Waals surface area contributed by atoms with Crippen molar-refractivity contribution in [2.24, 2.45) is 0 Å². The molecule has 1 rings (SSSR count). The number of hydrogen-bond donors (Lipinski definition) is 0. The second-order valence-electron chi connectivity index (χ2n) is 5.50. The highest BCUT2D eigenvalue weighted by Crippen LogP contribution is 2.22. The molecule has 0 heterocycles. The predicted molar refractivity (Wildman–Crippen MR) is 85.6 cm³/mol. The van der Waals surface area contributed by atoms with Crippen LogP contribution in [-0.2, 0) is 14.2 Å². The van der Waals surface area contributed by atoms with Gasteiger partial charge in [-0.25, -0.2) is 4.79 Å². The van der Waals surface area contributed by atoms with E-state index in [1.54, 1.807) is 45.0 Å². The standard InChI is InChI=1S/C18H20O5/c1-6-12-20-16(21-13-7-2)14-8-10-15(11-9-14)22-17(19)23-18(3,4)5/h1-2,8-11,16H,12-13H2,3-5H3. The van der Waals surface area contributed by atoms with Crippen LogP contribution in [0.2, 0.25) is 0 Å². The zero-order chi connectivity index (χ0) is 17.3. The average molecular weight is 316 g/mol. The van der Waals surface area contributed by atoms with Gasteiger partial charge in [-0.05, 0) is 32.9 Å². The molecule has 1 aromatic carbocycles. The first-order valence-electron chi connectivity index (χ1n) is 6.96. The van der Waals surface area contributed by atoms with E-state index in [4.69, 9.17) is 31.8 Å². The van der Waals surface area contributed by atoms with Gasteiger partial charge in [0, 0.05) is 5.56 Å². The van der Waals surface area contributed by atoms with Gasteiger partial charge < -0.3 is 18.9 Å². The molecule has 5 heteroatoms. The van der Waals surface area contributed by atoms with E-state index in [1.807, 2.05) is 0 Å². The molecule has 122 valence electrons. The molecule has 1 aromatic rings. The molecule has 0 aromatic heterocycles. The van der Waals surface area contributed by atoms with E-state index in [1.165, 1.54) is 0 Å². The van der Waals surface area contributed by atoms with E-state index >= 15 is 0 Å². The summed E-state index contributed by atoms with van der Waals surface area (Å²) < 4.78 is 20.9. The summed E-state index contributed by atoms with van der Waals surface area (Å²) in [6.07, 6.45) is 8.89. The minimum atomic E-state index is -0.769. The van der Waals surface area contributed by atoms with Crippen molar-refractivity contribution < 1.29 is 23.7 Å². The van der Waals surface area contributed by atoms with Gasteiger partial charge in [0.05, 0.1) is 0 Å². The van der Waals surface area contributed by atoms with Crippen molar-refractivity contribution in [3.63, 3.8) is 0 Å². The van der Waals surface area contributed by atoms with E-state index in [0.717, 1.165) is 0 Å². The third-order valence-corrected chi connectivity index (χ3v) is 2.38. The van der Waals surface area contributed by atoms with Crippen molar-refractivity contribution >= 4 is 6.16 Å². The van der Waals surface area contributed by atoms with Gasteiger partial charge in [-0.1, -0.05) is 24.0 Å². The zero-order valence-corrected chi connectivity index (χ0v) is 13.5. The van der Waals surface area contributed by atoms with E-state index in [2.05, 4.69) is 11.8 Å². The van der Waals surface area contributed by atoms with E-state index in [9.17, 15) is 4.79 Å². The Morgan fingerprint density at radius 2 is 1.61 bits per heavy atom. The lowest BCUT2D eigenvalue weighted by atomic mass is 10.2. The molecule has 0 aliphatic heterocycles. The summed E-state index contributed by atoms with van der Waals surface area (Å²) in [5.74, 6) is 5.07. The average Bonchev–Trinajstić information content (AvgIpc) is 2.46. The molecule has 0 spiro atoms. The lowest BCUT2D eigenvalue weighted by Crippen LogP contribution is -2.25. The number of benzene rings is 1. The molecular formula is C18H20O5. The number of carbonyl (C=O) groups excluding carboxylic acids is 1. The van der Waals surface area contributed by atoms with Crippen LogP contribution in [0.1, 0.15) is 32.6 Å². The molecule has 0 saturated carbocycles. The monoisotopic (exact) mass is 316 g/mol. The van der Waals surface area contributed by atoms with Gasteiger partial charge in [0.25, 0.3) is 0 Å². The van der Waals surface area contributed by atoms with Gasteiger partial charge in [0.15, 0.2) is 6.29 Å². The SMILES string of the molecule is C#CCOC(OCC#C)c1ccc(OC(=O)OC(C)(C)C)cc1. The normalized spacial score (nSPS) is 10.7. The number of ether oxygens (including phenoxy) is 4. The molecule has 0 aliphatic carbocycles. The molecule has 0 radical (unpaired) electrons. The Morgan fingerprint density at radius 1 is 1.09 bits per heavy atom. The van der Waals surface area contributed by atoms with Gasteiger partial charge >= 0.3 is 6.16 Å². The molecule has 0 atom stereocenters. The minimum absolute atomic E-state index is 0.0887. The molecule has 5 nitrogen and oxygen atoms in total. The summed E-state index contributed by atoms with van der Waals surface area (Å²) in [6, 6.07) is 6.59. The second kappa shape index (κ2) is 8.85. The van der Waals surface area contributed by atoms with Gasteiger partial charge in [-0.2, -0.15) is 0 Å². The van der Waals surface area contributed by atoms with Crippen LogP contribution in [0.4, 0.5) is 4.79 Å². The summed E-state index contributed by atoms with van der Waals surface area (Å²) in [4.78, 5) is 11.6. The van der Waals surface area contributed by atoms with E-state index in [0.29, 0.717) is 11.3 Å². The lowest BCUT2D eigenvalue weighted by Gasteiger charge is -2.19. The van der Waals surface area contributed by atoms with Crippen LogP contribution >= 0.6 is 0 Å². The largest absolute Gasteiger partial charge is 0.514 e. The predicted octanol–water partition coefficient (Wildman–Crippen LogP) is 3.30. The maximum atomic E-state index is 11.6. The number of terminal acetylenes is 2. The van der Waals surface area contributed by atoms with Crippen molar-refractivity contribution in [2.75, 3.05) is 13.2 Å². The topological polar surface area (TPSA) is 54.0 Å². The van der Waals surface area contributed by atoms with Crippen LogP contribution in [0.15, 0.2) is 24.3 Å². The van der Waals surface area contributed by atoms with Gasteiger partial charge in [0.1, 0.15) is 24.6 Å². The molecule has 23 heavy (non-hydrogen) atoms. The van der Waals surface area contributed by atoms with Crippen LogP contribution in [0.5, 0.6) is 5.75 Å². The first kappa shape index (κ1) is 18.6. The van der Waals surface area contributed by atoms with Crippen molar-refractivity contribution in [1.29, 1.82) is 0 Å². The Labute approximate surface area is 136 Å². The first-order chi connectivity index (χ1) is 10.9. The highest BCUT2D eigenvalue weighted by molar-refractivity contribution is 5.64. The summed E-state index contributed by atoms with van der Waals surface area (Å²) in [5.41, 5.74) is 0.0841. The third-order valence-electron chi connectivity index (χ3n) is 2.38. The van der Waals surface area contributed by atoms with Crippen LogP contribution in [0.3, 0.4) is 0 Å². The molecule has 0 aliphatic rings. The summed E-state index contributed by atoms with van der Waals surface area (Å²) in [7, 11) is 0. The smallest absolute Gasteiger partial charge is 0.428 e. The molecule has 0 amide bonds. The highest BCUT2D eigenvalue weighted by Gasteiger charge is 2.18. The van der Waals surface area contributed by atoms with Crippen LogP contribution < -0.4 is 4.74 Å². The van der Waals surface area contributed by atoms with Crippen molar-refractivity contribution in [2.45, 2.75) is 32.7 Å². The van der Waals surface area contributed by atoms with E-state index < -0.39 is 18.0 Å². The summed E-state index contributed by atoms with van der Waals surface area (Å²) in [5, 5.41) is 0. The van der Waals surface area contributed by atoms with Crippen LogP contribution in [-0.4, -0.2) is 25.0 Å². The molecule has 0 bridgehead atoms. The quantitative estimate of drug-likeness (QED) is 0.349. The molecule has 0 N–H and O–H groups in total.